The Hall–Kier alpha value is -1.86. The first-order chi connectivity index (χ1) is 9.08. The van der Waals surface area contributed by atoms with Gasteiger partial charge in [0, 0.05) is 31.0 Å². The summed E-state index contributed by atoms with van der Waals surface area (Å²) in [6, 6.07) is 6.11. The first kappa shape index (κ1) is 13.6. The van der Waals surface area contributed by atoms with Gasteiger partial charge in [-0.2, -0.15) is 0 Å². The molecule has 0 unspecified atom stereocenters. The molecule has 0 amide bonds. The Balaban J connectivity index is 1.86. The van der Waals surface area contributed by atoms with Gasteiger partial charge in [0.1, 0.15) is 5.82 Å². The summed E-state index contributed by atoms with van der Waals surface area (Å²) in [6.45, 7) is 0.368. The Morgan fingerprint density at radius 2 is 2.00 bits per heavy atom. The van der Waals surface area contributed by atoms with E-state index in [1.54, 1.807) is 24.5 Å². The van der Waals surface area contributed by atoms with Gasteiger partial charge in [-0.3, -0.25) is 0 Å². The molecule has 19 heavy (non-hydrogen) atoms. The summed E-state index contributed by atoms with van der Waals surface area (Å²) in [4.78, 5) is 7.26. The number of aryl methyl sites for hydroxylation is 1. The Bertz CT molecular complexity index is 606. The van der Waals surface area contributed by atoms with E-state index in [4.69, 9.17) is 5.73 Å². The van der Waals surface area contributed by atoms with E-state index in [-0.39, 0.29) is 4.90 Å². The molecule has 0 bridgehead atoms. The molecule has 0 aliphatic heterocycles. The zero-order valence-electron chi connectivity index (χ0n) is 10.3. The number of nitrogens with zero attached hydrogens (tertiary/aromatic N) is 1. The number of aromatic nitrogens is 2. The fourth-order valence-corrected chi connectivity index (χ4v) is 2.70. The molecule has 2 rings (SSSR count). The summed E-state index contributed by atoms with van der Waals surface area (Å²) in [5, 5.41) is 0. The molecule has 0 aliphatic rings. The molecular weight excluding hydrogens is 264 g/mol. The normalized spacial score (nSPS) is 11.6. The van der Waals surface area contributed by atoms with Gasteiger partial charge in [-0.1, -0.05) is 0 Å². The van der Waals surface area contributed by atoms with E-state index < -0.39 is 10.0 Å². The molecule has 7 heteroatoms. The van der Waals surface area contributed by atoms with Gasteiger partial charge >= 0.3 is 0 Å². The second-order valence-electron chi connectivity index (χ2n) is 4.11. The zero-order valence-corrected chi connectivity index (χ0v) is 11.2. The molecule has 0 saturated heterocycles. The van der Waals surface area contributed by atoms with E-state index in [0.717, 1.165) is 5.82 Å². The van der Waals surface area contributed by atoms with Gasteiger partial charge in [0.2, 0.25) is 10.0 Å². The standard InChI is InChI=1S/C12H16N4O2S/c13-10-3-5-11(6-4-10)19(17,18)16-7-1-2-12-14-8-9-15-12/h3-6,8-9,16H,1-2,7,13H2,(H,14,15). The van der Waals surface area contributed by atoms with Crippen LogP contribution in [0.5, 0.6) is 0 Å². The Labute approximate surface area is 112 Å². The molecule has 0 fully saturated rings. The third-order valence-electron chi connectivity index (χ3n) is 2.63. The molecule has 1 aromatic heterocycles. The van der Waals surface area contributed by atoms with Crippen molar-refractivity contribution < 1.29 is 8.42 Å². The lowest BCUT2D eigenvalue weighted by atomic mass is 10.3. The minimum atomic E-state index is -3.45. The molecule has 4 N–H and O–H groups in total. The minimum Gasteiger partial charge on any atom is -0.399 e. The van der Waals surface area contributed by atoms with Gasteiger partial charge < -0.3 is 10.7 Å². The smallest absolute Gasteiger partial charge is 0.240 e. The van der Waals surface area contributed by atoms with E-state index >= 15 is 0 Å². The summed E-state index contributed by atoms with van der Waals surface area (Å²) in [6.07, 6.45) is 4.81. The van der Waals surface area contributed by atoms with Crippen LogP contribution in [-0.2, 0) is 16.4 Å². The largest absolute Gasteiger partial charge is 0.399 e. The van der Waals surface area contributed by atoms with Crippen molar-refractivity contribution in [2.45, 2.75) is 17.7 Å². The minimum absolute atomic E-state index is 0.222. The second kappa shape index (κ2) is 5.85. The topological polar surface area (TPSA) is 101 Å². The number of imidazole rings is 1. The van der Waals surface area contributed by atoms with Crippen LogP contribution in [0.4, 0.5) is 5.69 Å². The lowest BCUT2D eigenvalue weighted by molar-refractivity contribution is 0.578. The summed E-state index contributed by atoms with van der Waals surface area (Å²) >= 11 is 0. The van der Waals surface area contributed by atoms with E-state index in [9.17, 15) is 8.42 Å². The highest BCUT2D eigenvalue weighted by Crippen LogP contribution is 2.11. The number of hydrogen-bond donors (Lipinski definition) is 3. The van der Waals surface area contributed by atoms with Crippen LogP contribution in [0.15, 0.2) is 41.6 Å². The van der Waals surface area contributed by atoms with Crippen LogP contribution in [-0.4, -0.2) is 24.9 Å². The van der Waals surface area contributed by atoms with Crippen LogP contribution in [0, 0.1) is 0 Å². The van der Waals surface area contributed by atoms with Crippen molar-refractivity contribution in [2.75, 3.05) is 12.3 Å². The predicted molar refractivity (Wildman–Crippen MR) is 73.0 cm³/mol. The average molecular weight is 280 g/mol. The number of sulfonamides is 1. The van der Waals surface area contributed by atoms with Crippen LogP contribution in [0.25, 0.3) is 0 Å². The maximum Gasteiger partial charge on any atom is 0.240 e. The molecular formula is C12H16N4O2S. The molecule has 0 radical (unpaired) electrons. The Morgan fingerprint density at radius 3 is 2.63 bits per heavy atom. The van der Waals surface area contributed by atoms with Crippen molar-refractivity contribution in [3.8, 4) is 0 Å². The molecule has 6 nitrogen and oxygen atoms in total. The van der Waals surface area contributed by atoms with Crippen molar-refractivity contribution in [3.05, 3.63) is 42.5 Å². The van der Waals surface area contributed by atoms with Gasteiger partial charge in [-0.05, 0) is 30.7 Å². The third-order valence-corrected chi connectivity index (χ3v) is 4.10. The monoisotopic (exact) mass is 280 g/mol. The van der Waals surface area contributed by atoms with Crippen LogP contribution in [0.3, 0.4) is 0 Å². The first-order valence-electron chi connectivity index (χ1n) is 5.91. The summed E-state index contributed by atoms with van der Waals surface area (Å²) in [5.41, 5.74) is 6.06. The number of nitrogens with two attached hydrogens (primary N) is 1. The number of nitrogens with one attached hydrogen (secondary N) is 2. The van der Waals surface area contributed by atoms with Crippen LogP contribution in [0.2, 0.25) is 0 Å². The number of benzene rings is 1. The van der Waals surface area contributed by atoms with E-state index in [0.29, 0.717) is 25.1 Å². The van der Waals surface area contributed by atoms with Gasteiger partial charge in [-0.25, -0.2) is 18.1 Å². The molecule has 2 aromatic rings. The van der Waals surface area contributed by atoms with Gasteiger partial charge in [0.15, 0.2) is 0 Å². The highest BCUT2D eigenvalue weighted by Gasteiger charge is 2.12. The average Bonchev–Trinajstić information content (AvgIpc) is 2.88. The number of hydrogen-bond acceptors (Lipinski definition) is 4. The first-order valence-corrected chi connectivity index (χ1v) is 7.40. The highest BCUT2D eigenvalue weighted by atomic mass is 32.2. The third kappa shape index (κ3) is 3.80. The lowest BCUT2D eigenvalue weighted by Gasteiger charge is -2.06. The van der Waals surface area contributed by atoms with Crippen LogP contribution < -0.4 is 10.5 Å². The number of nitrogen functional groups attached to an aromatic ring is 1. The molecule has 1 heterocycles. The summed E-state index contributed by atoms with van der Waals surface area (Å²) in [5.74, 6) is 0.853. The molecule has 0 saturated carbocycles. The second-order valence-corrected chi connectivity index (χ2v) is 5.87. The van der Waals surface area contributed by atoms with Crippen molar-refractivity contribution >= 4 is 15.7 Å². The number of aromatic amines is 1. The van der Waals surface area contributed by atoms with Crippen molar-refractivity contribution in [1.29, 1.82) is 0 Å². The zero-order chi connectivity index (χ0) is 13.7. The summed E-state index contributed by atoms with van der Waals surface area (Å²) < 4.78 is 26.4. The maximum absolute atomic E-state index is 11.9. The number of anilines is 1. The number of rotatable bonds is 6. The lowest BCUT2D eigenvalue weighted by Crippen LogP contribution is -2.25. The van der Waals surface area contributed by atoms with E-state index in [2.05, 4.69) is 14.7 Å². The van der Waals surface area contributed by atoms with Crippen molar-refractivity contribution in [1.82, 2.24) is 14.7 Å². The fraction of sp³-hybridized carbons (Fsp3) is 0.250. The van der Waals surface area contributed by atoms with Crippen LogP contribution >= 0.6 is 0 Å². The quantitative estimate of drug-likeness (QED) is 0.540. The van der Waals surface area contributed by atoms with E-state index in [1.807, 2.05) is 0 Å². The Morgan fingerprint density at radius 1 is 1.26 bits per heavy atom. The molecule has 0 spiro atoms. The molecule has 1 aromatic carbocycles. The summed E-state index contributed by atoms with van der Waals surface area (Å²) in [7, 11) is -3.45. The van der Waals surface area contributed by atoms with Gasteiger partial charge in [0.25, 0.3) is 0 Å². The van der Waals surface area contributed by atoms with Gasteiger partial charge in [-0.15, -0.1) is 0 Å². The number of H-pyrrole nitrogens is 1. The SMILES string of the molecule is Nc1ccc(S(=O)(=O)NCCCc2ncc[nH]2)cc1. The van der Waals surface area contributed by atoms with Crippen molar-refractivity contribution in [2.24, 2.45) is 0 Å². The fourth-order valence-electron chi connectivity index (χ4n) is 1.63. The Kier molecular flexibility index (Phi) is 4.18. The maximum atomic E-state index is 11.9. The predicted octanol–water partition coefficient (Wildman–Crippen LogP) is 0.903. The molecule has 102 valence electrons. The van der Waals surface area contributed by atoms with Crippen LogP contribution in [0.1, 0.15) is 12.2 Å². The highest BCUT2D eigenvalue weighted by molar-refractivity contribution is 7.89. The van der Waals surface area contributed by atoms with Crippen molar-refractivity contribution in [3.63, 3.8) is 0 Å². The van der Waals surface area contributed by atoms with E-state index in [1.165, 1.54) is 12.1 Å². The molecule has 0 aliphatic carbocycles. The van der Waals surface area contributed by atoms with Gasteiger partial charge in [0.05, 0.1) is 4.90 Å². The molecule has 0 atom stereocenters.